The quantitative estimate of drug-likeness (QED) is 0.633. The molecule has 0 radical (unpaired) electrons. The van der Waals surface area contributed by atoms with E-state index in [0.717, 1.165) is 15.5 Å². The Bertz CT molecular complexity index is 534. The molecule has 0 aromatic heterocycles. The van der Waals surface area contributed by atoms with Crippen molar-refractivity contribution < 1.29 is 4.39 Å². The molecule has 1 N–H and O–H groups in total. The Balaban J connectivity index is 0.000000722. The van der Waals surface area contributed by atoms with E-state index in [-0.39, 0.29) is 30.6 Å². The Kier molecular flexibility index (Phi) is 4.69. The zero-order valence-electron chi connectivity index (χ0n) is 8.64. The van der Waals surface area contributed by atoms with Crippen LogP contribution in [0.15, 0.2) is 52.3 Å². The molecule has 0 aliphatic carbocycles. The van der Waals surface area contributed by atoms with Gasteiger partial charge in [0.1, 0.15) is 5.82 Å². The van der Waals surface area contributed by atoms with Crippen LogP contribution in [0.4, 0.5) is 15.8 Å². The molecule has 0 saturated carbocycles. The minimum atomic E-state index is -0.200. The predicted molar refractivity (Wildman–Crippen MR) is 74.7 cm³/mol. The Morgan fingerprint density at radius 1 is 0.882 bits per heavy atom. The van der Waals surface area contributed by atoms with Crippen LogP contribution in [0, 0.1) is 5.82 Å². The molecule has 0 fully saturated rings. The van der Waals surface area contributed by atoms with Crippen molar-refractivity contribution in [3.8, 4) is 0 Å². The molecule has 2 aromatic rings. The number of benzene rings is 2. The van der Waals surface area contributed by atoms with Crippen molar-refractivity contribution in [2.24, 2.45) is 0 Å². The first-order chi connectivity index (χ1) is 7.34. The Morgan fingerprint density at radius 2 is 1.59 bits per heavy atom. The lowest BCUT2D eigenvalue weighted by Gasteiger charge is -2.20. The fourth-order valence-electron chi connectivity index (χ4n) is 1.62. The van der Waals surface area contributed by atoms with Crippen molar-refractivity contribution in [2.75, 3.05) is 5.32 Å². The maximum absolute atomic E-state index is 13.5. The number of hydrogen-bond donors (Lipinski definition) is 1. The number of anilines is 2. The van der Waals surface area contributed by atoms with Gasteiger partial charge in [0.15, 0.2) is 0 Å². The van der Waals surface area contributed by atoms with Crippen molar-refractivity contribution in [1.82, 2.24) is 0 Å². The van der Waals surface area contributed by atoms with Gasteiger partial charge in [0, 0.05) is 9.79 Å². The van der Waals surface area contributed by atoms with Crippen LogP contribution in [0.25, 0.3) is 0 Å². The first-order valence-electron chi connectivity index (χ1n) is 4.67. The number of nitrogens with one attached hydrogen (secondary N) is 1. The molecule has 0 atom stereocenters. The molecule has 5 heteroatoms. The Labute approximate surface area is 116 Å². The summed E-state index contributed by atoms with van der Waals surface area (Å²) in [6, 6.07) is 13.0. The van der Waals surface area contributed by atoms with Gasteiger partial charge in [-0.25, -0.2) is 4.39 Å². The minimum Gasteiger partial charge on any atom is -0.351 e. The molecule has 90 valence electrons. The molecule has 0 saturated heterocycles. The van der Waals surface area contributed by atoms with E-state index in [0.29, 0.717) is 5.69 Å². The fraction of sp³-hybridized carbons (Fsp3) is 0. The first-order valence-corrected chi connectivity index (χ1v) is 5.49. The highest BCUT2D eigenvalue weighted by molar-refractivity contribution is 7.99. The topological polar surface area (TPSA) is 12.0 Å². The van der Waals surface area contributed by atoms with E-state index in [2.05, 4.69) is 5.32 Å². The second-order valence-electron chi connectivity index (χ2n) is 3.34. The minimum absolute atomic E-state index is 0. The molecule has 17 heavy (non-hydrogen) atoms. The largest absolute Gasteiger partial charge is 0.351 e. The second kappa shape index (κ2) is 5.63. The third kappa shape index (κ3) is 2.51. The lowest BCUT2D eigenvalue weighted by atomic mass is 10.2. The summed E-state index contributed by atoms with van der Waals surface area (Å²) < 4.78 is 13.5. The van der Waals surface area contributed by atoms with Crippen LogP contribution in [0.3, 0.4) is 0 Å². The van der Waals surface area contributed by atoms with Gasteiger partial charge in [-0.05, 0) is 24.3 Å². The van der Waals surface area contributed by atoms with E-state index < -0.39 is 0 Å². The maximum Gasteiger partial charge on any atom is 0.147 e. The SMILES string of the molecule is Cl.Cl.Fc1cccc2c1Nc1ccccc1S2. The summed E-state index contributed by atoms with van der Waals surface area (Å²) in [5.74, 6) is -0.200. The van der Waals surface area contributed by atoms with E-state index in [1.54, 1.807) is 17.8 Å². The summed E-state index contributed by atoms with van der Waals surface area (Å²) in [5.41, 5.74) is 1.56. The monoisotopic (exact) mass is 289 g/mol. The van der Waals surface area contributed by atoms with Gasteiger partial charge in [-0.3, -0.25) is 0 Å². The van der Waals surface area contributed by atoms with Gasteiger partial charge in [0.05, 0.1) is 11.4 Å². The molecule has 1 heterocycles. The van der Waals surface area contributed by atoms with Crippen molar-refractivity contribution in [1.29, 1.82) is 0 Å². The average molecular weight is 290 g/mol. The van der Waals surface area contributed by atoms with Crippen LogP contribution in [0.2, 0.25) is 0 Å². The first kappa shape index (κ1) is 14.2. The highest BCUT2D eigenvalue weighted by Crippen LogP contribution is 2.44. The van der Waals surface area contributed by atoms with E-state index in [1.807, 2.05) is 30.3 Å². The van der Waals surface area contributed by atoms with Crippen LogP contribution in [-0.2, 0) is 0 Å². The maximum atomic E-state index is 13.5. The zero-order chi connectivity index (χ0) is 10.3. The van der Waals surface area contributed by atoms with Gasteiger partial charge < -0.3 is 5.32 Å². The zero-order valence-corrected chi connectivity index (χ0v) is 11.1. The lowest BCUT2D eigenvalue weighted by molar-refractivity contribution is 0.628. The van der Waals surface area contributed by atoms with Crippen LogP contribution < -0.4 is 5.32 Å². The van der Waals surface area contributed by atoms with Crippen LogP contribution in [0.1, 0.15) is 0 Å². The molecule has 3 rings (SSSR count). The van der Waals surface area contributed by atoms with E-state index >= 15 is 0 Å². The van der Waals surface area contributed by atoms with Crippen molar-refractivity contribution in [3.05, 3.63) is 48.3 Å². The highest BCUT2D eigenvalue weighted by atomic mass is 35.5. The number of para-hydroxylation sites is 2. The van der Waals surface area contributed by atoms with Gasteiger partial charge in [-0.1, -0.05) is 30.0 Å². The van der Waals surface area contributed by atoms with Crippen molar-refractivity contribution >= 4 is 48.0 Å². The molecule has 0 bridgehead atoms. The van der Waals surface area contributed by atoms with Crippen LogP contribution in [0.5, 0.6) is 0 Å². The molecule has 1 aliphatic heterocycles. The van der Waals surface area contributed by atoms with Gasteiger partial charge in [-0.15, -0.1) is 24.8 Å². The lowest BCUT2D eigenvalue weighted by Crippen LogP contribution is -2.01. The van der Waals surface area contributed by atoms with E-state index in [9.17, 15) is 4.39 Å². The number of rotatable bonds is 0. The third-order valence-electron chi connectivity index (χ3n) is 2.34. The van der Waals surface area contributed by atoms with Crippen molar-refractivity contribution in [3.63, 3.8) is 0 Å². The summed E-state index contributed by atoms with van der Waals surface area (Å²) in [6.45, 7) is 0. The molecule has 1 nitrogen and oxygen atoms in total. The van der Waals surface area contributed by atoms with Crippen molar-refractivity contribution in [2.45, 2.75) is 9.79 Å². The highest BCUT2D eigenvalue weighted by Gasteiger charge is 2.17. The van der Waals surface area contributed by atoms with Gasteiger partial charge >= 0.3 is 0 Å². The van der Waals surface area contributed by atoms with Gasteiger partial charge in [0.25, 0.3) is 0 Å². The summed E-state index contributed by atoms with van der Waals surface area (Å²) >= 11 is 1.59. The number of halogens is 3. The number of fused-ring (bicyclic) bond motifs is 2. The Morgan fingerprint density at radius 3 is 2.41 bits per heavy atom. The molecule has 0 spiro atoms. The molecular formula is C12H10Cl2FNS. The summed E-state index contributed by atoms with van der Waals surface area (Å²) in [4.78, 5) is 2.07. The average Bonchev–Trinajstić information content (AvgIpc) is 2.27. The molecule has 2 aromatic carbocycles. The normalized spacial score (nSPS) is 11.1. The van der Waals surface area contributed by atoms with Gasteiger partial charge in [0.2, 0.25) is 0 Å². The summed E-state index contributed by atoms with van der Waals surface area (Å²) in [7, 11) is 0. The van der Waals surface area contributed by atoms with E-state index in [1.165, 1.54) is 6.07 Å². The van der Waals surface area contributed by atoms with E-state index in [4.69, 9.17) is 0 Å². The summed E-state index contributed by atoms with van der Waals surface area (Å²) in [5, 5.41) is 3.11. The summed E-state index contributed by atoms with van der Waals surface area (Å²) in [6.07, 6.45) is 0. The third-order valence-corrected chi connectivity index (χ3v) is 3.48. The smallest absolute Gasteiger partial charge is 0.147 e. The van der Waals surface area contributed by atoms with Crippen LogP contribution >= 0.6 is 36.6 Å². The second-order valence-corrected chi connectivity index (χ2v) is 4.42. The van der Waals surface area contributed by atoms with Crippen LogP contribution in [-0.4, -0.2) is 0 Å². The molecule has 0 amide bonds. The molecular weight excluding hydrogens is 280 g/mol. The molecule has 1 aliphatic rings. The fourth-order valence-corrected chi connectivity index (χ4v) is 2.63. The standard InChI is InChI=1S/C12H8FNS.2ClH/c13-8-4-3-7-11-12(8)14-9-5-1-2-6-10(9)15-11;;/h1-7,14H;2*1H. The van der Waals surface area contributed by atoms with Gasteiger partial charge in [-0.2, -0.15) is 0 Å². The molecule has 0 unspecified atom stereocenters. The Hall–Kier alpha value is -0.900. The number of hydrogen-bond acceptors (Lipinski definition) is 2. The predicted octanol–water partition coefficient (Wildman–Crippen LogP) is 4.88.